The average molecular weight is 315 g/mol. The van der Waals surface area contributed by atoms with Gasteiger partial charge in [-0.05, 0) is 24.5 Å². The van der Waals surface area contributed by atoms with Crippen LogP contribution in [0.4, 0.5) is 0 Å². The quantitative estimate of drug-likeness (QED) is 0.903. The Hall–Kier alpha value is -1.43. The van der Waals surface area contributed by atoms with Crippen LogP contribution in [0.25, 0.3) is 0 Å². The number of fused-ring (bicyclic) bond motifs is 2. The molecule has 5 heteroatoms. The highest BCUT2D eigenvalue weighted by Crippen LogP contribution is 2.24. The fourth-order valence-corrected chi connectivity index (χ4v) is 4.14. The van der Waals surface area contributed by atoms with Crippen LogP contribution in [-0.2, 0) is 22.6 Å². The molecule has 5 nitrogen and oxygen atoms in total. The van der Waals surface area contributed by atoms with Crippen LogP contribution in [0.5, 0.6) is 0 Å². The standard InChI is InChI=1S/C18H25N3O2/c1-13-7-21-10-16(6-17(21)12-23-13)19-18(22)11-20-8-14-4-2-3-5-15(14)9-20/h2-5,13,16-17H,6-12H2,1H3,(H,19,22)/t13-,16+,17-/m0/s1. The molecule has 4 rings (SSSR count). The van der Waals surface area contributed by atoms with Crippen molar-refractivity contribution in [2.24, 2.45) is 0 Å². The number of ether oxygens (including phenoxy) is 1. The lowest BCUT2D eigenvalue weighted by molar-refractivity contribution is -0.123. The first-order valence-corrected chi connectivity index (χ1v) is 8.61. The Balaban J connectivity index is 1.27. The molecule has 3 atom stereocenters. The van der Waals surface area contributed by atoms with Gasteiger partial charge < -0.3 is 10.1 Å². The third-order valence-electron chi connectivity index (χ3n) is 5.23. The molecule has 3 aliphatic rings. The van der Waals surface area contributed by atoms with Gasteiger partial charge in [0.2, 0.25) is 5.91 Å². The highest BCUT2D eigenvalue weighted by molar-refractivity contribution is 5.78. The number of benzene rings is 1. The van der Waals surface area contributed by atoms with Gasteiger partial charge in [-0.25, -0.2) is 0 Å². The maximum absolute atomic E-state index is 12.4. The molecule has 0 aromatic heterocycles. The molecule has 124 valence electrons. The van der Waals surface area contributed by atoms with Crippen molar-refractivity contribution in [3.05, 3.63) is 35.4 Å². The Labute approximate surface area is 137 Å². The second kappa shape index (κ2) is 6.23. The lowest BCUT2D eigenvalue weighted by Gasteiger charge is -2.33. The summed E-state index contributed by atoms with van der Waals surface area (Å²) in [5.41, 5.74) is 2.70. The second-order valence-electron chi connectivity index (χ2n) is 7.17. The summed E-state index contributed by atoms with van der Waals surface area (Å²) in [5.74, 6) is 0.150. The minimum absolute atomic E-state index is 0.150. The van der Waals surface area contributed by atoms with Gasteiger partial charge in [0, 0.05) is 38.3 Å². The van der Waals surface area contributed by atoms with Gasteiger partial charge in [0.05, 0.1) is 19.3 Å². The zero-order chi connectivity index (χ0) is 15.8. The molecule has 1 aromatic rings. The highest BCUT2D eigenvalue weighted by atomic mass is 16.5. The molecule has 0 saturated carbocycles. The van der Waals surface area contributed by atoms with Gasteiger partial charge in [-0.3, -0.25) is 14.6 Å². The molecule has 3 heterocycles. The molecule has 0 bridgehead atoms. The van der Waals surface area contributed by atoms with Gasteiger partial charge >= 0.3 is 0 Å². The van der Waals surface area contributed by atoms with E-state index >= 15 is 0 Å². The SMILES string of the molecule is C[C@H]1CN2C[C@H](NC(=O)CN3Cc4ccccc4C3)C[C@H]2CO1. The van der Waals surface area contributed by atoms with Gasteiger partial charge in [-0.2, -0.15) is 0 Å². The largest absolute Gasteiger partial charge is 0.376 e. The summed E-state index contributed by atoms with van der Waals surface area (Å²) in [6.45, 7) is 7.12. The van der Waals surface area contributed by atoms with Crippen molar-refractivity contribution >= 4 is 5.91 Å². The number of rotatable bonds is 3. The Bertz CT molecular complexity index is 566. The maximum atomic E-state index is 12.4. The fourth-order valence-electron chi connectivity index (χ4n) is 4.14. The van der Waals surface area contributed by atoms with E-state index in [1.54, 1.807) is 0 Å². The molecule has 1 amide bonds. The van der Waals surface area contributed by atoms with Gasteiger partial charge in [0.1, 0.15) is 0 Å². The summed E-state index contributed by atoms with van der Waals surface area (Å²) < 4.78 is 5.73. The van der Waals surface area contributed by atoms with E-state index in [4.69, 9.17) is 4.74 Å². The van der Waals surface area contributed by atoms with Crippen LogP contribution in [-0.4, -0.2) is 60.1 Å². The third kappa shape index (κ3) is 3.27. The predicted octanol–water partition coefficient (Wildman–Crippen LogP) is 0.980. The van der Waals surface area contributed by atoms with Crippen molar-refractivity contribution in [3.8, 4) is 0 Å². The predicted molar refractivity (Wildman–Crippen MR) is 87.9 cm³/mol. The van der Waals surface area contributed by atoms with Crippen molar-refractivity contribution < 1.29 is 9.53 Å². The fraction of sp³-hybridized carbons (Fsp3) is 0.611. The van der Waals surface area contributed by atoms with Crippen molar-refractivity contribution in [1.82, 2.24) is 15.1 Å². The third-order valence-corrected chi connectivity index (χ3v) is 5.23. The lowest BCUT2D eigenvalue weighted by Crippen LogP contribution is -2.45. The number of nitrogens with one attached hydrogen (secondary N) is 1. The smallest absolute Gasteiger partial charge is 0.234 e. The minimum atomic E-state index is 0.150. The van der Waals surface area contributed by atoms with E-state index in [-0.39, 0.29) is 11.9 Å². The van der Waals surface area contributed by atoms with Crippen LogP contribution < -0.4 is 5.32 Å². The number of amides is 1. The summed E-state index contributed by atoms with van der Waals surface area (Å²) in [5, 5.41) is 3.23. The molecule has 0 radical (unpaired) electrons. The maximum Gasteiger partial charge on any atom is 0.234 e. The monoisotopic (exact) mass is 315 g/mol. The number of carbonyl (C=O) groups is 1. The lowest BCUT2D eigenvalue weighted by atomic mass is 10.1. The van der Waals surface area contributed by atoms with E-state index in [0.717, 1.165) is 39.2 Å². The van der Waals surface area contributed by atoms with Gasteiger partial charge in [-0.15, -0.1) is 0 Å². The normalized spacial score (nSPS) is 30.9. The van der Waals surface area contributed by atoms with E-state index in [2.05, 4.69) is 46.3 Å². The molecule has 0 unspecified atom stereocenters. The zero-order valence-corrected chi connectivity index (χ0v) is 13.7. The number of hydrogen-bond acceptors (Lipinski definition) is 4. The van der Waals surface area contributed by atoms with Crippen molar-refractivity contribution in [3.63, 3.8) is 0 Å². The van der Waals surface area contributed by atoms with E-state index in [1.165, 1.54) is 11.1 Å². The highest BCUT2D eigenvalue weighted by Gasteiger charge is 2.36. The molecular formula is C18H25N3O2. The van der Waals surface area contributed by atoms with Gasteiger partial charge in [0.25, 0.3) is 0 Å². The topological polar surface area (TPSA) is 44.8 Å². The molecular weight excluding hydrogens is 290 g/mol. The Morgan fingerprint density at radius 2 is 2.00 bits per heavy atom. The first-order chi connectivity index (χ1) is 11.2. The number of hydrogen-bond donors (Lipinski definition) is 1. The van der Waals surface area contributed by atoms with Crippen molar-refractivity contribution in [1.29, 1.82) is 0 Å². The summed E-state index contributed by atoms with van der Waals surface area (Å²) in [7, 11) is 0. The molecule has 2 fully saturated rings. The summed E-state index contributed by atoms with van der Waals surface area (Å²) in [4.78, 5) is 17.1. The van der Waals surface area contributed by atoms with E-state index < -0.39 is 0 Å². The number of carbonyl (C=O) groups excluding carboxylic acids is 1. The molecule has 1 N–H and O–H groups in total. The van der Waals surface area contributed by atoms with Crippen LogP contribution >= 0.6 is 0 Å². The Kier molecular flexibility index (Phi) is 4.09. The van der Waals surface area contributed by atoms with E-state index in [0.29, 0.717) is 18.7 Å². The van der Waals surface area contributed by atoms with Gasteiger partial charge in [0.15, 0.2) is 0 Å². The summed E-state index contributed by atoms with van der Waals surface area (Å²) >= 11 is 0. The second-order valence-corrected chi connectivity index (χ2v) is 7.17. The van der Waals surface area contributed by atoms with Crippen LogP contribution in [0.3, 0.4) is 0 Å². The van der Waals surface area contributed by atoms with Crippen molar-refractivity contribution in [2.45, 2.75) is 44.6 Å². The van der Waals surface area contributed by atoms with Gasteiger partial charge in [-0.1, -0.05) is 24.3 Å². The van der Waals surface area contributed by atoms with E-state index in [9.17, 15) is 4.79 Å². The van der Waals surface area contributed by atoms with Crippen LogP contribution in [0.1, 0.15) is 24.5 Å². The summed E-state index contributed by atoms with van der Waals surface area (Å²) in [6, 6.07) is 9.20. The Morgan fingerprint density at radius 3 is 2.74 bits per heavy atom. The van der Waals surface area contributed by atoms with Crippen LogP contribution in [0.15, 0.2) is 24.3 Å². The minimum Gasteiger partial charge on any atom is -0.376 e. The number of morpholine rings is 1. The van der Waals surface area contributed by atoms with Crippen molar-refractivity contribution in [2.75, 3.05) is 26.2 Å². The van der Waals surface area contributed by atoms with E-state index in [1.807, 2.05) is 0 Å². The first kappa shape index (κ1) is 15.1. The summed E-state index contributed by atoms with van der Waals surface area (Å²) in [6.07, 6.45) is 1.32. The molecule has 3 aliphatic heterocycles. The molecule has 0 aliphatic carbocycles. The zero-order valence-electron chi connectivity index (χ0n) is 13.7. The average Bonchev–Trinajstić information content (AvgIpc) is 3.08. The molecule has 23 heavy (non-hydrogen) atoms. The molecule has 0 spiro atoms. The Morgan fingerprint density at radius 1 is 1.26 bits per heavy atom. The molecule has 1 aromatic carbocycles. The van der Waals surface area contributed by atoms with Crippen LogP contribution in [0, 0.1) is 0 Å². The number of nitrogens with zero attached hydrogens (tertiary/aromatic N) is 2. The van der Waals surface area contributed by atoms with Crippen LogP contribution in [0.2, 0.25) is 0 Å². The first-order valence-electron chi connectivity index (χ1n) is 8.61. The molecule has 2 saturated heterocycles.